The number of pyridine rings is 1. The van der Waals surface area contributed by atoms with Gasteiger partial charge >= 0.3 is 0 Å². The van der Waals surface area contributed by atoms with Gasteiger partial charge < -0.3 is 0 Å². The van der Waals surface area contributed by atoms with E-state index in [0.717, 1.165) is 0 Å². The molecular weight excluding hydrogens is 265 g/mol. The lowest BCUT2D eigenvalue weighted by Gasteiger charge is -1.99. The van der Waals surface area contributed by atoms with Crippen LogP contribution < -0.4 is 0 Å². The van der Waals surface area contributed by atoms with Gasteiger partial charge in [-0.1, -0.05) is 33.5 Å². The molecule has 2 nitrogen and oxygen atoms in total. The van der Waals surface area contributed by atoms with Gasteiger partial charge in [0.05, 0.1) is 10.4 Å². The predicted molar refractivity (Wildman–Crippen MR) is 59.9 cm³/mol. The highest BCUT2D eigenvalue weighted by Crippen LogP contribution is 2.15. The Bertz CT molecular complexity index is 420. The maximum Gasteiger partial charge on any atom is 0.193 e. The van der Waals surface area contributed by atoms with Crippen LogP contribution in [0, 0.1) is 11.8 Å². The molecule has 72 valence electrons. The van der Waals surface area contributed by atoms with Gasteiger partial charge in [0, 0.05) is 11.8 Å². The van der Waals surface area contributed by atoms with Gasteiger partial charge in [-0.05, 0) is 13.0 Å². The van der Waals surface area contributed by atoms with Crippen LogP contribution in [0.5, 0.6) is 0 Å². The van der Waals surface area contributed by atoms with Crippen molar-refractivity contribution in [3.8, 4) is 11.8 Å². The Morgan fingerprint density at radius 3 is 2.93 bits per heavy atom. The third-order valence-electron chi connectivity index (χ3n) is 1.50. The van der Waals surface area contributed by atoms with Gasteiger partial charge in [0.15, 0.2) is 5.78 Å². The second-order valence-electron chi connectivity index (χ2n) is 2.49. The Labute approximate surface area is 95.8 Å². The minimum absolute atomic E-state index is 0.133. The van der Waals surface area contributed by atoms with Crippen molar-refractivity contribution in [2.75, 3.05) is 5.33 Å². The first-order valence-corrected chi connectivity index (χ1v) is 5.36. The van der Waals surface area contributed by atoms with Crippen LogP contribution >= 0.6 is 27.5 Å². The number of Topliss-reactive ketones (excluding diaryl/α,β-unsaturated/α-hetero) is 1. The van der Waals surface area contributed by atoms with Crippen LogP contribution in [0.1, 0.15) is 23.0 Å². The average Bonchev–Trinajstić information content (AvgIpc) is 2.17. The first-order chi connectivity index (χ1) is 6.69. The smallest absolute Gasteiger partial charge is 0.193 e. The Morgan fingerprint density at radius 1 is 1.71 bits per heavy atom. The van der Waals surface area contributed by atoms with Crippen LogP contribution in [0.25, 0.3) is 0 Å². The molecule has 0 unspecified atom stereocenters. The molecule has 0 N–H and O–H groups in total. The summed E-state index contributed by atoms with van der Waals surface area (Å²) in [6.45, 7) is 1.73. The van der Waals surface area contributed by atoms with Gasteiger partial charge in [-0.3, -0.25) is 9.78 Å². The van der Waals surface area contributed by atoms with Crippen molar-refractivity contribution in [2.24, 2.45) is 0 Å². The van der Waals surface area contributed by atoms with Gasteiger partial charge in [-0.2, -0.15) is 0 Å². The first-order valence-electron chi connectivity index (χ1n) is 3.86. The number of hydrogen-bond acceptors (Lipinski definition) is 2. The number of carbonyl (C=O) groups excluding carboxylic acids is 1. The summed E-state index contributed by atoms with van der Waals surface area (Å²) in [5.41, 5.74) is 0.994. The van der Waals surface area contributed by atoms with Crippen molar-refractivity contribution in [1.29, 1.82) is 0 Å². The third kappa shape index (κ3) is 2.57. The molecule has 1 aromatic rings. The molecule has 0 aliphatic heterocycles. The standard InChI is InChI=1S/C10H7BrClNO/c1-2-3-7-4-8(12)10(13-6-7)9(14)5-11/h4,6H,5H2,1H3. The molecule has 0 saturated carbocycles. The van der Waals surface area contributed by atoms with E-state index in [1.165, 1.54) is 6.20 Å². The lowest BCUT2D eigenvalue weighted by atomic mass is 10.2. The molecule has 0 bridgehead atoms. The zero-order chi connectivity index (χ0) is 10.6. The highest BCUT2D eigenvalue weighted by atomic mass is 79.9. The quantitative estimate of drug-likeness (QED) is 0.471. The number of halogens is 2. The molecule has 14 heavy (non-hydrogen) atoms. The zero-order valence-corrected chi connectivity index (χ0v) is 9.82. The highest BCUT2D eigenvalue weighted by molar-refractivity contribution is 9.09. The summed E-state index contributed by atoms with van der Waals surface area (Å²) in [5, 5.41) is 0.563. The molecule has 0 spiro atoms. The van der Waals surface area contributed by atoms with E-state index >= 15 is 0 Å². The fourth-order valence-electron chi connectivity index (χ4n) is 0.919. The fourth-order valence-corrected chi connectivity index (χ4v) is 1.46. The molecule has 4 heteroatoms. The number of hydrogen-bond donors (Lipinski definition) is 0. The van der Waals surface area contributed by atoms with E-state index < -0.39 is 0 Å². The van der Waals surface area contributed by atoms with Crippen LogP contribution in [-0.2, 0) is 0 Å². The van der Waals surface area contributed by atoms with Gasteiger partial charge in [0.1, 0.15) is 5.69 Å². The number of aromatic nitrogens is 1. The summed E-state index contributed by atoms with van der Waals surface area (Å²) >= 11 is 8.93. The summed E-state index contributed by atoms with van der Waals surface area (Å²) in [7, 11) is 0. The van der Waals surface area contributed by atoms with Crippen LogP contribution in [0.2, 0.25) is 5.02 Å². The van der Waals surface area contributed by atoms with Gasteiger partial charge in [-0.25, -0.2) is 0 Å². The summed E-state index contributed by atoms with van der Waals surface area (Å²) < 4.78 is 0. The minimum Gasteiger partial charge on any atom is -0.291 e. The van der Waals surface area contributed by atoms with Crippen molar-refractivity contribution in [2.45, 2.75) is 6.92 Å². The summed E-state index contributed by atoms with van der Waals surface area (Å²) in [6, 6.07) is 1.64. The maximum absolute atomic E-state index is 11.3. The first kappa shape index (κ1) is 11.2. The van der Waals surface area contributed by atoms with Crippen LogP contribution in [-0.4, -0.2) is 16.1 Å². The molecule has 0 amide bonds. The monoisotopic (exact) mass is 271 g/mol. The van der Waals surface area contributed by atoms with E-state index in [4.69, 9.17) is 11.6 Å². The molecule has 0 aliphatic carbocycles. The largest absolute Gasteiger partial charge is 0.291 e. The van der Waals surface area contributed by atoms with E-state index in [0.29, 0.717) is 10.6 Å². The predicted octanol–water partition coefficient (Wildman–Crippen LogP) is 2.68. The van der Waals surface area contributed by atoms with E-state index in [1.54, 1.807) is 13.0 Å². The molecule has 1 rings (SSSR count). The number of rotatable bonds is 2. The molecule has 1 heterocycles. The summed E-state index contributed by atoms with van der Waals surface area (Å²) in [6.07, 6.45) is 1.54. The van der Waals surface area contributed by atoms with E-state index in [2.05, 4.69) is 32.8 Å². The van der Waals surface area contributed by atoms with E-state index in [9.17, 15) is 4.79 Å². The van der Waals surface area contributed by atoms with Crippen LogP contribution in [0.15, 0.2) is 12.3 Å². The zero-order valence-electron chi connectivity index (χ0n) is 7.47. The Balaban J connectivity index is 3.11. The maximum atomic E-state index is 11.3. The second kappa shape index (κ2) is 5.14. The van der Waals surface area contributed by atoms with Gasteiger partial charge in [-0.15, -0.1) is 5.92 Å². The number of nitrogens with zero attached hydrogens (tertiary/aromatic N) is 1. The number of carbonyl (C=O) groups is 1. The second-order valence-corrected chi connectivity index (χ2v) is 3.45. The van der Waals surface area contributed by atoms with Crippen LogP contribution in [0.4, 0.5) is 0 Å². The fraction of sp³-hybridized carbons (Fsp3) is 0.200. The summed E-state index contributed by atoms with van der Waals surface area (Å²) in [4.78, 5) is 15.2. The normalized spacial score (nSPS) is 9.07. The molecule has 0 atom stereocenters. The van der Waals surface area contributed by atoms with Gasteiger partial charge in [0.25, 0.3) is 0 Å². The lowest BCUT2D eigenvalue weighted by Crippen LogP contribution is -2.04. The molecule has 0 aromatic carbocycles. The van der Waals surface area contributed by atoms with E-state index in [-0.39, 0.29) is 16.8 Å². The van der Waals surface area contributed by atoms with Crippen molar-refractivity contribution < 1.29 is 4.79 Å². The third-order valence-corrected chi connectivity index (χ3v) is 2.29. The minimum atomic E-state index is -0.133. The van der Waals surface area contributed by atoms with E-state index in [1.807, 2.05) is 0 Å². The molecular formula is C10H7BrClNO. The van der Waals surface area contributed by atoms with Crippen molar-refractivity contribution in [3.05, 3.63) is 28.5 Å². The van der Waals surface area contributed by atoms with Crippen LogP contribution in [0.3, 0.4) is 0 Å². The molecule has 1 aromatic heterocycles. The Kier molecular flexibility index (Phi) is 4.12. The Morgan fingerprint density at radius 2 is 2.43 bits per heavy atom. The molecule has 0 radical (unpaired) electrons. The summed E-state index contributed by atoms with van der Waals surface area (Å²) in [5.74, 6) is 5.41. The average molecular weight is 273 g/mol. The molecule has 0 aliphatic rings. The lowest BCUT2D eigenvalue weighted by molar-refractivity contribution is 0.101. The number of alkyl halides is 1. The Hall–Kier alpha value is -0.850. The molecule has 0 fully saturated rings. The van der Waals surface area contributed by atoms with Crippen molar-refractivity contribution in [3.63, 3.8) is 0 Å². The molecule has 0 saturated heterocycles. The SMILES string of the molecule is CC#Cc1cnc(C(=O)CBr)c(Cl)c1. The topological polar surface area (TPSA) is 30.0 Å². The van der Waals surface area contributed by atoms with Gasteiger partial charge in [0.2, 0.25) is 0 Å². The van der Waals surface area contributed by atoms with Crippen molar-refractivity contribution >= 4 is 33.3 Å². The van der Waals surface area contributed by atoms with Crippen molar-refractivity contribution in [1.82, 2.24) is 4.98 Å². The number of ketones is 1. The highest BCUT2D eigenvalue weighted by Gasteiger charge is 2.10.